The van der Waals surface area contributed by atoms with Crippen molar-refractivity contribution in [2.75, 3.05) is 33.0 Å². The number of carbonyl (C=O) groups is 1. The van der Waals surface area contributed by atoms with Crippen LogP contribution in [-0.4, -0.2) is 44.7 Å². The second kappa shape index (κ2) is 8.38. The number of rotatable bonds is 7. The summed E-state index contributed by atoms with van der Waals surface area (Å²) in [6.45, 7) is 14.4. The fourth-order valence-electron chi connectivity index (χ4n) is 1.07. The quantitative estimate of drug-likeness (QED) is 0.726. The topological polar surface area (TPSA) is 56.8 Å². The SMILES string of the molecule is CC(C)(C)COC(=O)NCCOCCOC(C)(C)C. The van der Waals surface area contributed by atoms with Gasteiger partial charge in [0.2, 0.25) is 0 Å². The average molecular weight is 275 g/mol. The highest BCUT2D eigenvalue weighted by molar-refractivity contribution is 5.67. The van der Waals surface area contributed by atoms with Crippen LogP contribution in [0.1, 0.15) is 41.5 Å². The van der Waals surface area contributed by atoms with Gasteiger partial charge in [-0.3, -0.25) is 0 Å². The van der Waals surface area contributed by atoms with Gasteiger partial charge in [-0.1, -0.05) is 20.8 Å². The molecule has 0 bridgehead atoms. The number of amides is 1. The molecular formula is C14H29NO4. The van der Waals surface area contributed by atoms with Gasteiger partial charge < -0.3 is 19.5 Å². The molecule has 5 heteroatoms. The van der Waals surface area contributed by atoms with E-state index in [1.807, 2.05) is 41.5 Å². The Morgan fingerprint density at radius 2 is 1.63 bits per heavy atom. The molecule has 0 aliphatic carbocycles. The molecule has 1 amide bonds. The van der Waals surface area contributed by atoms with Crippen molar-refractivity contribution in [2.45, 2.75) is 47.1 Å². The minimum Gasteiger partial charge on any atom is -0.449 e. The molecule has 0 aromatic carbocycles. The molecule has 0 aromatic heterocycles. The molecule has 0 unspecified atom stereocenters. The molecule has 0 atom stereocenters. The lowest BCUT2D eigenvalue weighted by Gasteiger charge is -2.19. The zero-order chi connectivity index (χ0) is 14.9. The van der Waals surface area contributed by atoms with Crippen LogP contribution in [0.5, 0.6) is 0 Å². The first-order valence-electron chi connectivity index (χ1n) is 6.72. The molecule has 0 heterocycles. The Hall–Kier alpha value is -0.810. The van der Waals surface area contributed by atoms with Gasteiger partial charge in [0.15, 0.2) is 0 Å². The molecule has 1 N–H and O–H groups in total. The molecule has 0 saturated carbocycles. The van der Waals surface area contributed by atoms with Crippen LogP contribution >= 0.6 is 0 Å². The maximum atomic E-state index is 11.3. The Kier molecular flexibility index (Phi) is 8.02. The van der Waals surface area contributed by atoms with Crippen LogP contribution in [0.15, 0.2) is 0 Å². The summed E-state index contributed by atoms with van der Waals surface area (Å²) in [5, 5.41) is 2.64. The second-order valence-corrected chi connectivity index (χ2v) is 6.64. The monoisotopic (exact) mass is 275 g/mol. The van der Waals surface area contributed by atoms with Gasteiger partial charge >= 0.3 is 6.09 Å². The van der Waals surface area contributed by atoms with Gasteiger partial charge in [0.25, 0.3) is 0 Å². The third-order valence-corrected chi connectivity index (χ3v) is 1.91. The highest BCUT2D eigenvalue weighted by Gasteiger charge is 2.13. The first kappa shape index (κ1) is 18.2. The van der Waals surface area contributed by atoms with Crippen LogP contribution < -0.4 is 5.32 Å². The highest BCUT2D eigenvalue weighted by Crippen LogP contribution is 2.12. The first-order chi connectivity index (χ1) is 8.60. The van der Waals surface area contributed by atoms with E-state index in [9.17, 15) is 4.79 Å². The van der Waals surface area contributed by atoms with Crippen molar-refractivity contribution in [3.05, 3.63) is 0 Å². The third kappa shape index (κ3) is 15.1. The van der Waals surface area contributed by atoms with E-state index in [2.05, 4.69) is 5.32 Å². The maximum Gasteiger partial charge on any atom is 0.407 e. The number of ether oxygens (including phenoxy) is 3. The summed E-state index contributed by atoms with van der Waals surface area (Å²) in [5.41, 5.74) is -0.156. The van der Waals surface area contributed by atoms with E-state index in [4.69, 9.17) is 14.2 Å². The van der Waals surface area contributed by atoms with Crippen molar-refractivity contribution in [3.63, 3.8) is 0 Å². The Bertz CT molecular complexity index is 253. The summed E-state index contributed by atoms with van der Waals surface area (Å²) in [6, 6.07) is 0. The van der Waals surface area contributed by atoms with Crippen molar-refractivity contribution in [1.82, 2.24) is 5.32 Å². The Balaban J connectivity index is 3.37. The molecule has 19 heavy (non-hydrogen) atoms. The van der Waals surface area contributed by atoms with Crippen LogP contribution in [0, 0.1) is 5.41 Å². The first-order valence-corrected chi connectivity index (χ1v) is 6.72. The molecule has 114 valence electrons. The fraction of sp³-hybridized carbons (Fsp3) is 0.929. The van der Waals surface area contributed by atoms with Gasteiger partial charge in [-0.25, -0.2) is 4.79 Å². The summed E-state index contributed by atoms with van der Waals surface area (Å²) in [7, 11) is 0. The number of hydrogen-bond acceptors (Lipinski definition) is 4. The molecule has 5 nitrogen and oxygen atoms in total. The summed E-state index contributed by atoms with van der Waals surface area (Å²) < 4.78 is 15.9. The summed E-state index contributed by atoms with van der Waals surface area (Å²) in [6.07, 6.45) is -0.399. The van der Waals surface area contributed by atoms with E-state index in [1.54, 1.807) is 0 Å². The van der Waals surface area contributed by atoms with E-state index < -0.39 is 6.09 Å². The summed E-state index contributed by atoms with van der Waals surface area (Å²) >= 11 is 0. The molecule has 0 aromatic rings. The fourth-order valence-corrected chi connectivity index (χ4v) is 1.07. The molecule has 0 fully saturated rings. The zero-order valence-corrected chi connectivity index (χ0v) is 13.2. The van der Waals surface area contributed by atoms with Crippen LogP contribution in [0.3, 0.4) is 0 Å². The molecule has 0 spiro atoms. The van der Waals surface area contributed by atoms with E-state index in [0.717, 1.165) is 0 Å². The average Bonchev–Trinajstić information content (AvgIpc) is 2.22. The van der Waals surface area contributed by atoms with E-state index in [-0.39, 0.29) is 11.0 Å². The minimum atomic E-state index is -0.399. The van der Waals surface area contributed by atoms with Crippen molar-refractivity contribution in [2.24, 2.45) is 5.41 Å². The second-order valence-electron chi connectivity index (χ2n) is 6.64. The van der Waals surface area contributed by atoms with Gasteiger partial charge in [-0.2, -0.15) is 0 Å². The molecule has 0 aliphatic rings. The number of carbonyl (C=O) groups excluding carboxylic acids is 1. The standard InChI is InChI=1S/C14H29NO4/c1-13(2,3)11-18-12(16)15-7-8-17-9-10-19-14(4,5)6/h7-11H2,1-6H3,(H,15,16). The Morgan fingerprint density at radius 1 is 1.00 bits per heavy atom. The molecule has 0 radical (unpaired) electrons. The number of alkyl carbamates (subject to hydrolysis) is 1. The summed E-state index contributed by atoms with van der Waals surface area (Å²) in [4.78, 5) is 11.3. The van der Waals surface area contributed by atoms with Crippen LogP contribution in [-0.2, 0) is 14.2 Å². The molecular weight excluding hydrogens is 246 g/mol. The van der Waals surface area contributed by atoms with Crippen LogP contribution in [0.2, 0.25) is 0 Å². The minimum absolute atomic E-state index is 0.0157. The molecule has 0 rings (SSSR count). The van der Waals surface area contributed by atoms with Crippen LogP contribution in [0.4, 0.5) is 4.79 Å². The van der Waals surface area contributed by atoms with Crippen LogP contribution in [0.25, 0.3) is 0 Å². The van der Waals surface area contributed by atoms with E-state index >= 15 is 0 Å². The molecule has 0 saturated heterocycles. The predicted octanol–water partition coefficient (Wildman–Crippen LogP) is 2.59. The summed E-state index contributed by atoms with van der Waals surface area (Å²) in [5.74, 6) is 0. The maximum absolute atomic E-state index is 11.3. The van der Waals surface area contributed by atoms with Gasteiger partial charge in [-0.05, 0) is 26.2 Å². The van der Waals surface area contributed by atoms with E-state index in [1.165, 1.54) is 0 Å². The number of hydrogen-bond donors (Lipinski definition) is 1. The third-order valence-electron chi connectivity index (χ3n) is 1.91. The smallest absolute Gasteiger partial charge is 0.407 e. The van der Waals surface area contributed by atoms with Crippen molar-refractivity contribution >= 4 is 6.09 Å². The lowest BCUT2D eigenvalue weighted by Crippen LogP contribution is -2.31. The highest BCUT2D eigenvalue weighted by atomic mass is 16.6. The van der Waals surface area contributed by atoms with E-state index in [0.29, 0.717) is 33.0 Å². The zero-order valence-electron chi connectivity index (χ0n) is 13.2. The van der Waals surface area contributed by atoms with Gasteiger partial charge in [-0.15, -0.1) is 0 Å². The lowest BCUT2D eigenvalue weighted by atomic mass is 9.99. The predicted molar refractivity (Wildman–Crippen MR) is 75.3 cm³/mol. The van der Waals surface area contributed by atoms with Gasteiger partial charge in [0.1, 0.15) is 0 Å². The normalized spacial score (nSPS) is 12.3. The van der Waals surface area contributed by atoms with Gasteiger partial charge in [0, 0.05) is 6.54 Å². The van der Waals surface area contributed by atoms with Crippen molar-refractivity contribution < 1.29 is 19.0 Å². The Labute approximate surface area is 117 Å². The lowest BCUT2D eigenvalue weighted by molar-refractivity contribution is -0.0342. The molecule has 0 aliphatic heterocycles. The van der Waals surface area contributed by atoms with Crippen molar-refractivity contribution in [1.29, 1.82) is 0 Å². The van der Waals surface area contributed by atoms with Crippen molar-refractivity contribution in [3.8, 4) is 0 Å². The van der Waals surface area contributed by atoms with Gasteiger partial charge in [0.05, 0.1) is 32.0 Å². The Morgan fingerprint density at radius 3 is 2.16 bits per heavy atom. The largest absolute Gasteiger partial charge is 0.449 e. The number of nitrogens with one attached hydrogen (secondary N) is 1.